The van der Waals surface area contributed by atoms with E-state index in [2.05, 4.69) is 42.9 Å². The number of rotatable bonds is 4. The molecule has 9 nitrogen and oxygen atoms in total. The largest absolute Gasteiger partial charge is 0.454 e. The summed E-state index contributed by atoms with van der Waals surface area (Å²) in [4.78, 5) is 9.15. The van der Waals surface area contributed by atoms with Gasteiger partial charge in [0.25, 0.3) is 0 Å². The van der Waals surface area contributed by atoms with Crippen LogP contribution < -0.4 is 9.47 Å². The molecule has 0 saturated carbocycles. The summed E-state index contributed by atoms with van der Waals surface area (Å²) in [5.74, 6) is 1.53. The Morgan fingerprint density at radius 1 is 0.794 bits per heavy atom. The van der Waals surface area contributed by atoms with Gasteiger partial charge in [-0.05, 0) is 41.5 Å². The Hall–Kier alpha value is -4.31. The molecule has 0 radical (unpaired) electrons. The fraction of sp³-hybridized carbons (Fsp3) is 0.0833. The third-order valence-electron chi connectivity index (χ3n) is 5.78. The molecule has 0 unspecified atom stereocenters. The lowest BCUT2D eigenvalue weighted by Crippen LogP contribution is -1.94. The first kappa shape index (κ1) is 19.2. The van der Waals surface area contributed by atoms with Gasteiger partial charge in [0.05, 0.1) is 18.6 Å². The second-order valence-corrected chi connectivity index (χ2v) is 8.90. The number of imidazole rings is 1. The Balaban J connectivity index is 1.27. The topological polar surface area (TPSA) is 84.3 Å². The SMILES string of the molecule is Cn1cc(-c2cnc3cnn(Sc4cnc5ccc(-c6ccc7c(c6)OCO7)cn45)c3c2)cn1. The standard InChI is InChI=1S/C24H17N7O2S/c1-29-12-18(9-27-29)17-6-20-19(25-8-17)10-28-31(20)34-24-11-26-23-5-3-16(13-30(23)24)15-2-4-21-22(7-15)33-14-32-21/h2-13H,14H2,1H3. The second kappa shape index (κ2) is 7.35. The molecule has 0 N–H and O–H groups in total. The summed E-state index contributed by atoms with van der Waals surface area (Å²) in [5, 5.41) is 9.77. The molecule has 6 heterocycles. The number of aryl methyl sites for hydroxylation is 1. The molecule has 1 aliphatic rings. The van der Waals surface area contributed by atoms with Crippen LogP contribution in [0.2, 0.25) is 0 Å². The highest BCUT2D eigenvalue weighted by atomic mass is 32.2. The number of benzene rings is 1. The van der Waals surface area contributed by atoms with Gasteiger partial charge in [-0.2, -0.15) is 14.3 Å². The minimum absolute atomic E-state index is 0.259. The van der Waals surface area contributed by atoms with E-state index in [4.69, 9.17) is 9.47 Å². The van der Waals surface area contributed by atoms with E-state index in [1.54, 1.807) is 10.9 Å². The van der Waals surface area contributed by atoms with E-state index >= 15 is 0 Å². The minimum atomic E-state index is 0.259. The Kier molecular flexibility index (Phi) is 4.15. The molecule has 0 bridgehead atoms. The highest BCUT2D eigenvalue weighted by Gasteiger charge is 2.15. The number of fused-ring (bicyclic) bond motifs is 3. The van der Waals surface area contributed by atoms with Gasteiger partial charge in [0.2, 0.25) is 6.79 Å². The molecule has 1 aromatic carbocycles. The summed E-state index contributed by atoms with van der Waals surface area (Å²) in [6.45, 7) is 0.259. The number of ether oxygens (including phenoxy) is 2. The molecule has 10 heteroatoms. The van der Waals surface area contributed by atoms with Crippen LogP contribution in [0.3, 0.4) is 0 Å². The maximum Gasteiger partial charge on any atom is 0.231 e. The fourth-order valence-corrected chi connectivity index (χ4v) is 4.90. The molecule has 5 aromatic heterocycles. The smallest absolute Gasteiger partial charge is 0.231 e. The molecule has 0 aliphatic carbocycles. The van der Waals surface area contributed by atoms with Crippen LogP contribution >= 0.6 is 11.9 Å². The summed E-state index contributed by atoms with van der Waals surface area (Å²) in [6, 6.07) is 12.1. The molecule has 6 aromatic rings. The monoisotopic (exact) mass is 467 g/mol. The van der Waals surface area contributed by atoms with Crippen molar-refractivity contribution in [2.75, 3.05) is 6.79 Å². The molecular formula is C24H17N7O2S. The van der Waals surface area contributed by atoms with Crippen LogP contribution in [-0.2, 0) is 7.05 Å². The third kappa shape index (κ3) is 3.11. The van der Waals surface area contributed by atoms with Crippen LogP contribution in [0.25, 0.3) is 38.9 Å². The van der Waals surface area contributed by atoms with E-state index < -0.39 is 0 Å². The van der Waals surface area contributed by atoms with Gasteiger partial charge in [-0.25, -0.2) is 4.98 Å². The lowest BCUT2D eigenvalue weighted by Gasteiger charge is -2.07. The quantitative estimate of drug-likeness (QED) is 0.379. The Labute approximate surface area is 197 Å². The fourth-order valence-electron chi connectivity index (χ4n) is 4.05. The van der Waals surface area contributed by atoms with Crippen LogP contribution in [0.4, 0.5) is 0 Å². The molecule has 0 amide bonds. The minimum Gasteiger partial charge on any atom is -0.454 e. The van der Waals surface area contributed by atoms with E-state index in [1.807, 2.05) is 60.2 Å². The van der Waals surface area contributed by atoms with Crippen LogP contribution in [0, 0.1) is 0 Å². The van der Waals surface area contributed by atoms with Crippen molar-refractivity contribution in [3.05, 3.63) is 73.6 Å². The van der Waals surface area contributed by atoms with Crippen molar-refractivity contribution >= 4 is 28.6 Å². The van der Waals surface area contributed by atoms with E-state index in [9.17, 15) is 0 Å². The van der Waals surface area contributed by atoms with Gasteiger partial charge in [-0.3, -0.25) is 14.1 Å². The molecule has 0 atom stereocenters. The van der Waals surface area contributed by atoms with Crippen LogP contribution in [0.15, 0.2) is 78.6 Å². The zero-order valence-corrected chi connectivity index (χ0v) is 18.8. The summed E-state index contributed by atoms with van der Waals surface area (Å²) in [6.07, 6.45) is 11.4. The lowest BCUT2D eigenvalue weighted by atomic mass is 10.1. The average molecular weight is 468 g/mol. The average Bonchev–Trinajstić information content (AvgIpc) is 3.65. The number of hydrogen-bond donors (Lipinski definition) is 0. The Bertz CT molecular complexity index is 1700. The number of hydrogen-bond acceptors (Lipinski definition) is 7. The summed E-state index contributed by atoms with van der Waals surface area (Å²) < 4.78 is 16.7. The zero-order valence-electron chi connectivity index (χ0n) is 18.0. The lowest BCUT2D eigenvalue weighted by molar-refractivity contribution is 0.174. The summed E-state index contributed by atoms with van der Waals surface area (Å²) in [5.41, 5.74) is 6.71. The van der Waals surface area contributed by atoms with E-state index in [1.165, 1.54) is 11.9 Å². The normalized spacial score (nSPS) is 12.7. The van der Waals surface area contributed by atoms with E-state index in [0.29, 0.717) is 0 Å². The highest BCUT2D eigenvalue weighted by Crippen LogP contribution is 2.36. The van der Waals surface area contributed by atoms with Gasteiger partial charge >= 0.3 is 0 Å². The van der Waals surface area contributed by atoms with Crippen LogP contribution in [0.5, 0.6) is 11.5 Å². The van der Waals surface area contributed by atoms with Gasteiger partial charge in [0.15, 0.2) is 11.5 Å². The molecule has 7 rings (SSSR count). The van der Waals surface area contributed by atoms with Crippen molar-refractivity contribution < 1.29 is 9.47 Å². The first-order chi connectivity index (χ1) is 16.7. The molecule has 34 heavy (non-hydrogen) atoms. The molecule has 1 aliphatic heterocycles. The molecular weight excluding hydrogens is 450 g/mol. The number of nitrogens with zero attached hydrogens (tertiary/aromatic N) is 7. The van der Waals surface area contributed by atoms with Crippen molar-refractivity contribution in [1.82, 2.24) is 33.3 Å². The number of pyridine rings is 2. The summed E-state index contributed by atoms with van der Waals surface area (Å²) >= 11 is 1.49. The second-order valence-electron chi connectivity index (χ2n) is 7.95. The molecule has 0 saturated heterocycles. The maximum atomic E-state index is 5.54. The first-order valence-electron chi connectivity index (χ1n) is 10.6. The zero-order chi connectivity index (χ0) is 22.6. The summed E-state index contributed by atoms with van der Waals surface area (Å²) in [7, 11) is 1.90. The van der Waals surface area contributed by atoms with Gasteiger partial charge in [0, 0.05) is 48.7 Å². The first-order valence-corrected chi connectivity index (χ1v) is 11.4. The van der Waals surface area contributed by atoms with Gasteiger partial charge in [-0.15, -0.1) is 0 Å². The molecule has 166 valence electrons. The van der Waals surface area contributed by atoms with Gasteiger partial charge in [0.1, 0.15) is 21.7 Å². The van der Waals surface area contributed by atoms with Crippen LogP contribution in [0.1, 0.15) is 0 Å². The Morgan fingerprint density at radius 2 is 1.71 bits per heavy atom. The third-order valence-corrected chi connectivity index (χ3v) is 6.74. The predicted octanol–water partition coefficient (Wildman–Crippen LogP) is 4.43. The van der Waals surface area contributed by atoms with Gasteiger partial charge in [-0.1, -0.05) is 6.07 Å². The van der Waals surface area contributed by atoms with Crippen molar-refractivity contribution in [1.29, 1.82) is 0 Å². The highest BCUT2D eigenvalue weighted by molar-refractivity contribution is 7.97. The maximum absolute atomic E-state index is 5.54. The van der Waals surface area contributed by atoms with Crippen molar-refractivity contribution in [2.24, 2.45) is 7.05 Å². The van der Waals surface area contributed by atoms with Gasteiger partial charge < -0.3 is 9.47 Å². The molecule has 0 spiro atoms. The Morgan fingerprint density at radius 3 is 2.62 bits per heavy atom. The van der Waals surface area contributed by atoms with Crippen molar-refractivity contribution in [3.8, 4) is 33.8 Å². The van der Waals surface area contributed by atoms with Crippen molar-refractivity contribution in [3.63, 3.8) is 0 Å². The molecule has 0 fully saturated rings. The predicted molar refractivity (Wildman–Crippen MR) is 128 cm³/mol. The van der Waals surface area contributed by atoms with Crippen LogP contribution in [-0.4, -0.2) is 40.1 Å². The van der Waals surface area contributed by atoms with E-state index in [-0.39, 0.29) is 6.79 Å². The number of aromatic nitrogens is 7. The van der Waals surface area contributed by atoms with Crippen molar-refractivity contribution in [2.45, 2.75) is 5.03 Å². The van der Waals surface area contributed by atoms with E-state index in [0.717, 1.165) is 55.5 Å².